The van der Waals surface area contributed by atoms with Gasteiger partial charge in [0.1, 0.15) is 0 Å². The van der Waals surface area contributed by atoms with Gasteiger partial charge in [-0.1, -0.05) is 43.2 Å². The first-order valence-electron chi connectivity index (χ1n) is 8.49. The van der Waals surface area contributed by atoms with Crippen LogP contribution in [0, 0.1) is 25.7 Å². The molecule has 1 aliphatic rings. The number of aryl methyl sites for hydroxylation is 2. The van der Waals surface area contributed by atoms with E-state index in [1.807, 2.05) is 0 Å². The molecule has 3 atom stereocenters. The zero-order valence-electron chi connectivity index (χ0n) is 14.4. The smallest absolute Gasteiger partial charge is 0.0449 e. The van der Waals surface area contributed by atoms with Gasteiger partial charge in [-0.25, -0.2) is 0 Å². The Morgan fingerprint density at radius 1 is 1.24 bits per heavy atom. The second-order valence-corrected chi connectivity index (χ2v) is 7.12. The van der Waals surface area contributed by atoms with Gasteiger partial charge in [0, 0.05) is 19.1 Å². The van der Waals surface area contributed by atoms with E-state index in [1.54, 1.807) is 0 Å². The van der Waals surface area contributed by atoms with E-state index < -0.39 is 0 Å². The van der Waals surface area contributed by atoms with E-state index in [2.05, 4.69) is 63.2 Å². The fourth-order valence-corrected chi connectivity index (χ4v) is 3.26. The van der Waals surface area contributed by atoms with Gasteiger partial charge >= 0.3 is 0 Å². The predicted octanol–water partition coefficient (Wildman–Crippen LogP) is 3.93. The molecule has 0 bridgehead atoms. The minimum Gasteiger partial charge on any atom is -0.309 e. The first-order valence-corrected chi connectivity index (χ1v) is 8.49. The summed E-state index contributed by atoms with van der Waals surface area (Å²) in [6, 6.07) is 7.39. The van der Waals surface area contributed by atoms with Gasteiger partial charge in [0.15, 0.2) is 0 Å². The van der Waals surface area contributed by atoms with Crippen molar-refractivity contribution < 1.29 is 0 Å². The lowest BCUT2D eigenvalue weighted by Crippen LogP contribution is -2.34. The lowest BCUT2D eigenvalue weighted by atomic mass is 10.0. The molecule has 118 valence electrons. The molecule has 0 radical (unpaired) electrons. The number of likely N-dealkylation sites (N-methyl/N-ethyl adjacent to an activating group) is 1. The Morgan fingerprint density at radius 2 is 1.86 bits per heavy atom. The van der Waals surface area contributed by atoms with Crippen molar-refractivity contribution in [1.29, 1.82) is 0 Å². The maximum Gasteiger partial charge on any atom is 0.0449 e. The van der Waals surface area contributed by atoms with E-state index in [4.69, 9.17) is 0 Å². The Bertz CT molecular complexity index is 435. The fourth-order valence-electron chi connectivity index (χ4n) is 3.26. The Balaban J connectivity index is 2.02. The maximum absolute atomic E-state index is 3.73. The van der Waals surface area contributed by atoms with Crippen LogP contribution in [0.25, 0.3) is 0 Å². The van der Waals surface area contributed by atoms with Crippen LogP contribution in [0.1, 0.15) is 49.4 Å². The van der Waals surface area contributed by atoms with Crippen LogP contribution in [0.2, 0.25) is 0 Å². The Kier molecular flexibility index (Phi) is 5.83. The van der Waals surface area contributed by atoms with Gasteiger partial charge in [-0.15, -0.1) is 0 Å². The van der Waals surface area contributed by atoms with Crippen molar-refractivity contribution in [3.8, 4) is 0 Å². The van der Waals surface area contributed by atoms with Crippen molar-refractivity contribution in [3.05, 3.63) is 34.9 Å². The summed E-state index contributed by atoms with van der Waals surface area (Å²) in [5.74, 6) is 1.87. The van der Waals surface area contributed by atoms with Gasteiger partial charge in [0.05, 0.1) is 0 Å². The van der Waals surface area contributed by atoms with Crippen molar-refractivity contribution in [2.75, 3.05) is 26.7 Å². The summed E-state index contributed by atoms with van der Waals surface area (Å²) in [7, 11) is 2.27. The zero-order valence-corrected chi connectivity index (χ0v) is 14.4. The van der Waals surface area contributed by atoms with Crippen LogP contribution in [0.15, 0.2) is 18.2 Å². The molecule has 1 aliphatic carbocycles. The van der Waals surface area contributed by atoms with Gasteiger partial charge < -0.3 is 10.2 Å². The van der Waals surface area contributed by atoms with E-state index in [9.17, 15) is 0 Å². The Hall–Kier alpha value is -0.860. The molecule has 0 saturated heterocycles. The van der Waals surface area contributed by atoms with Crippen molar-refractivity contribution in [3.63, 3.8) is 0 Å². The van der Waals surface area contributed by atoms with Crippen LogP contribution in [-0.2, 0) is 0 Å². The molecule has 2 rings (SSSR count). The zero-order chi connectivity index (χ0) is 15.4. The summed E-state index contributed by atoms with van der Waals surface area (Å²) in [5.41, 5.74) is 4.18. The molecular weight excluding hydrogens is 256 g/mol. The average molecular weight is 288 g/mol. The van der Waals surface area contributed by atoms with Gasteiger partial charge in [-0.05, 0) is 57.7 Å². The molecule has 2 nitrogen and oxygen atoms in total. The predicted molar refractivity (Wildman–Crippen MR) is 91.7 cm³/mol. The van der Waals surface area contributed by atoms with Crippen molar-refractivity contribution in [2.24, 2.45) is 11.8 Å². The molecule has 0 amide bonds. The number of rotatable bonds is 8. The SMILES string of the molecule is CCCNC(CN(C)CC1CC1C)c1cc(C)cc(C)c1. The molecule has 1 aromatic carbocycles. The van der Waals surface area contributed by atoms with E-state index in [-0.39, 0.29) is 0 Å². The second-order valence-electron chi connectivity index (χ2n) is 7.12. The van der Waals surface area contributed by atoms with Gasteiger partial charge in [-0.3, -0.25) is 0 Å². The third kappa shape index (κ3) is 5.12. The van der Waals surface area contributed by atoms with Crippen LogP contribution in [0.5, 0.6) is 0 Å². The standard InChI is InChI=1S/C19H32N2/c1-6-7-20-19(13-21(5)12-18-11-16(18)4)17-9-14(2)8-15(3)10-17/h8-10,16,18-20H,6-7,11-13H2,1-5H3. The molecule has 1 aromatic rings. The molecule has 1 fully saturated rings. The number of nitrogens with zero attached hydrogens (tertiary/aromatic N) is 1. The van der Waals surface area contributed by atoms with Crippen molar-refractivity contribution >= 4 is 0 Å². The van der Waals surface area contributed by atoms with E-state index in [0.29, 0.717) is 6.04 Å². The molecular formula is C19H32N2. The lowest BCUT2D eigenvalue weighted by Gasteiger charge is -2.26. The molecule has 1 saturated carbocycles. The summed E-state index contributed by atoms with van der Waals surface area (Å²) in [4.78, 5) is 2.51. The maximum atomic E-state index is 3.73. The summed E-state index contributed by atoms with van der Waals surface area (Å²) in [6.07, 6.45) is 2.60. The third-order valence-corrected chi connectivity index (χ3v) is 4.60. The number of nitrogens with one attached hydrogen (secondary N) is 1. The van der Waals surface area contributed by atoms with Crippen LogP contribution in [-0.4, -0.2) is 31.6 Å². The van der Waals surface area contributed by atoms with E-state index in [0.717, 1.165) is 24.9 Å². The van der Waals surface area contributed by atoms with Gasteiger partial charge in [0.25, 0.3) is 0 Å². The third-order valence-electron chi connectivity index (χ3n) is 4.60. The van der Waals surface area contributed by atoms with Crippen molar-refractivity contribution in [2.45, 2.75) is 46.6 Å². The molecule has 0 spiro atoms. The molecule has 2 heteroatoms. The highest BCUT2D eigenvalue weighted by Gasteiger charge is 2.33. The summed E-state index contributed by atoms with van der Waals surface area (Å²) in [5, 5.41) is 3.73. The summed E-state index contributed by atoms with van der Waals surface area (Å²) in [6.45, 7) is 12.4. The highest BCUT2D eigenvalue weighted by molar-refractivity contribution is 5.31. The van der Waals surface area contributed by atoms with Crippen LogP contribution in [0.4, 0.5) is 0 Å². The fraction of sp³-hybridized carbons (Fsp3) is 0.684. The quantitative estimate of drug-likeness (QED) is 0.779. The minimum atomic E-state index is 0.447. The molecule has 0 aliphatic heterocycles. The average Bonchev–Trinajstić information content (AvgIpc) is 3.08. The monoisotopic (exact) mass is 288 g/mol. The Morgan fingerprint density at radius 3 is 2.38 bits per heavy atom. The molecule has 0 heterocycles. The minimum absolute atomic E-state index is 0.447. The number of hydrogen-bond acceptors (Lipinski definition) is 2. The van der Waals surface area contributed by atoms with Crippen LogP contribution in [0.3, 0.4) is 0 Å². The van der Waals surface area contributed by atoms with E-state index in [1.165, 1.54) is 36.1 Å². The van der Waals surface area contributed by atoms with Crippen LogP contribution >= 0.6 is 0 Å². The second kappa shape index (κ2) is 7.42. The van der Waals surface area contributed by atoms with Gasteiger partial charge in [0.2, 0.25) is 0 Å². The molecule has 21 heavy (non-hydrogen) atoms. The molecule has 3 unspecified atom stereocenters. The Labute approximate surface area is 130 Å². The van der Waals surface area contributed by atoms with Crippen molar-refractivity contribution in [1.82, 2.24) is 10.2 Å². The highest BCUT2D eigenvalue weighted by Crippen LogP contribution is 2.38. The normalized spacial score (nSPS) is 22.6. The molecule has 1 N–H and O–H groups in total. The number of hydrogen-bond donors (Lipinski definition) is 1. The topological polar surface area (TPSA) is 15.3 Å². The summed E-state index contributed by atoms with van der Waals surface area (Å²) >= 11 is 0. The largest absolute Gasteiger partial charge is 0.309 e. The first kappa shape index (κ1) is 16.5. The van der Waals surface area contributed by atoms with Gasteiger partial charge in [-0.2, -0.15) is 0 Å². The molecule has 0 aromatic heterocycles. The van der Waals surface area contributed by atoms with Crippen LogP contribution < -0.4 is 5.32 Å². The number of benzene rings is 1. The van der Waals surface area contributed by atoms with E-state index >= 15 is 0 Å². The highest BCUT2D eigenvalue weighted by atomic mass is 15.1. The summed E-state index contributed by atoms with van der Waals surface area (Å²) < 4.78 is 0. The first-order chi connectivity index (χ1) is 9.99. The lowest BCUT2D eigenvalue weighted by molar-refractivity contribution is 0.276.